The number of nitrogen functional groups attached to an aromatic ring is 2. The number of aromatic nitrogens is 11. The molecule has 0 unspecified atom stereocenters. The summed E-state index contributed by atoms with van der Waals surface area (Å²) in [5.41, 5.74) is 18.5. The van der Waals surface area contributed by atoms with Gasteiger partial charge in [-0.1, -0.05) is 66.7 Å². The molecule has 440 valence electrons. The minimum absolute atomic E-state index is 0.0174. The number of nitrogens with two attached hydrogens (primary N) is 2. The SMILES string of the molecule is B[P@]1(=O)OC[C@H]2O[C@@H](n3cnc4c(N)ncnc43)[C@H](F)[C@@H]2O[P@@](=O)(SCc2ccc(OCCOCCOCCn3nnc4c3-c3ccccc3N(C(=O)CCC)Cc3ccccc3-4)cc2)OC[C@H]2O[C@@H](n3cnc4c(N)ncnc43)[C@H](F)[C@@H]2O1. The molecule has 4 aliphatic heterocycles. The van der Waals surface area contributed by atoms with Crippen LogP contribution in [0.2, 0.25) is 0 Å². The number of imidazole rings is 2. The quantitative estimate of drug-likeness (QED) is 0.0552. The molecule has 9 heterocycles. The average molecular weight is 1210 g/mol. The van der Waals surface area contributed by atoms with E-state index in [2.05, 4.69) is 40.2 Å². The molecule has 1 amide bonds. The fraction of sp³-hybridized carbons (Fsp3) is 0.404. The number of amides is 1. The molecule has 26 nitrogen and oxygen atoms in total. The van der Waals surface area contributed by atoms with Crippen molar-refractivity contribution >= 4 is 78.8 Å². The average Bonchev–Trinajstić information content (AvgIpc) is 3.58. The first-order valence-electron chi connectivity index (χ1n) is 27.0. The van der Waals surface area contributed by atoms with Crippen molar-refractivity contribution in [2.75, 3.05) is 62.6 Å². The molecule has 0 radical (unpaired) electrons. The standard InChI is InChI=1S/C52H57BF2N14O12P2S/c1-2-7-38(70)66-22-31-8-3-4-9-33(31)41-44(34-10-5-6-11-35(34)66)69(65-64-41)16-17-73-18-19-74-20-21-75-32-14-12-30(13-15-32)25-84-83(72)77-24-37-45(39(54)51(79-37)67-28-62-42-47(56)58-26-60-49(42)67)80-82(53,71)76-23-36-46(81-83)40(55)52(78-36)68-29-63-43-48(57)59-27-61-50(43)68/h3-6,8-15,26-29,36-37,39-40,45-46,51-52H,2,7,16-25,53H2,1H3,(H2,56,58,60)(H2,57,59,61)/t36-,37-,39-,40-,45-,46-,51-,52-,82+,83+/m1/s1. The maximum atomic E-state index is 17.0. The minimum atomic E-state index is -4.51. The zero-order chi connectivity index (χ0) is 58.1. The summed E-state index contributed by atoms with van der Waals surface area (Å²) in [6.07, 6.45) is -7.04. The van der Waals surface area contributed by atoms with E-state index in [4.69, 9.17) is 53.2 Å². The molecule has 0 aliphatic carbocycles. The lowest BCUT2D eigenvalue weighted by Gasteiger charge is -2.30. The number of carbonyl (C=O) groups is 1. The topological polar surface area (TPSA) is 307 Å². The summed E-state index contributed by atoms with van der Waals surface area (Å²) in [6, 6.07) is 22.8. The van der Waals surface area contributed by atoms with E-state index in [-0.39, 0.29) is 58.8 Å². The Bertz CT molecular complexity index is 3780. The largest absolute Gasteiger partial charge is 0.491 e. The highest BCUT2D eigenvalue weighted by Crippen LogP contribution is 2.65. The molecule has 12 rings (SSSR count). The van der Waals surface area contributed by atoms with Gasteiger partial charge in [0.15, 0.2) is 47.7 Å². The van der Waals surface area contributed by atoms with Gasteiger partial charge in [-0.2, -0.15) is 0 Å². The van der Waals surface area contributed by atoms with Crippen molar-refractivity contribution in [1.82, 2.24) is 54.0 Å². The Labute approximate surface area is 483 Å². The molecule has 5 aromatic heterocycles. The third-order valence-corrected chi connectivity index (χ3v) is 19.4. The van der Waals surface area contributed by atoms with Crippen LogP contribution in [0.25, 0.3) is 44.8 Å². The van der Waals surface area contributed by atoms with Crippen molar-refractivity contribution in [3.05, 3.63) is 109 Å². The summed E-state index contributed by atoms with van der Waals surface area (Å²) in [4.78, 5) is 40.1. The van der Waals surface area contributed by atoms with E-state index >= 15 is 13.3 Å². The number of halogens is 2. The number of fused-ring (bicyclic) bond motifs is 9. The van der Waals surface area contributed by atoms with Gasteiger partial charge < -0.3 is 49.1 Å². The molecule has 32 heteroatoms. The first-order valence-corrected chi connectivity index (χ1v) is 32.1. The van der Waals surface area contributed by atoms with Crippen LogP contribution in [0.3, 0.4) is 0 Å². The summed E-state index contributed by atoms with van der Waals surface area (Å²) in [5, 5.41) is 9.17. The summed E-state index contributed by atoms with van der Waals surface area (Å²) >= 11 is 0.744. The van der Waals surface area contributed by atoms with Gasteiger partial charge in [0.2, 0.25) is 5.91 Å². The van der Waals surface area contributed by atoms with E-state index < -0.39 is 76.7 Å². The van der Waals surface area contributed by atoms with Crippen LogP contribution in [0.1, 0.15) is 43.3 Å². The fourth-order valence-corrected chi connectivity index (χ4v) is 15.0. The Morgan fingerprint density at radius 3 is 2.04 bits per heavy atom. The van der Waals surface area contributed by atoms with Gasteiger partial charge in [-0.05, 0) is 47.1 Å². The normalized spacial score (nSPS) is 26.1. The second-order valence-electron chi connectivity index (χ2n) is 20.0. The molecule has 3 fully saturated rings. The molecule has 4 aliphatic rings. The number of alkyl halides is 2. The molecule has 8 aromatic rings. The lowest BCUT2D eigenvalue weighted by Crippen LogP contribution is -2.37. The molecule has 84 heavy (non-hydrogen) atoms. The summed E-state index contributed by atoms with van der Waals surface area (Å²) < 4.78 is 121. The number of rotatable bonds is 17. The molecule has 0 bridgehead atoms. The van der Waals surface area contributed by atoms with E-state index in [0.29, 0.717) is 50.6 Å². The summed E-state index contributed by atoms with van der Waals surface area (Å²) in [7, 11) is -3.08. The van der Waals surface area contributed by atoms with Crippen LogP contribution in [0.4, 0.5) is 26.1 Å². The monoisotopic (exact) mass is 1210 g/mol. The number of hydrogen-bond donors (Lipinski definition) is 2. The van der Waals surface area contributed by atoms with Crippen LogP contribution >= 0.6 is 25.7 Å². The molecular formula is C52H57BF2N14O12P2S. The Hall–Kier alpha value is -6.82. The first kappa shape index (κ1) is 57.6. The van der Waals surface area contributed by atoms with E-state index in [0.717, 1.165) is 59.1 Å². The van der Waals surface area contributed by atoms with Crippen molar-refractivity contribution < 1.29 is 64.5 Å². The number of benzene rings is 3. The number of ether oxygens (including phenoxy) is 5. The highest BCUT2D eigenvalue weighted by Gasteiger charge is 2.55. The zero-order valence-electron chi connectivity index (χ0n) is 45.3. The van der Waals surface area contributed by atoms with E-state index in [9.17, 15) is 9.36 Å². The fourth-order valence-electron chi connectivity index (χ4n) is 10.4. The van der Waals surface area contributed by atoms with Gasteiger partial charge in [0.05, 0.1) is 76.8 Å². The summed E-state index contributed by atoms with van der Waals surface area (Å²) in [6.45, 7) is -1.48. The zero-order valence-corrected chi connectivity index (χ0v) is 47.9. The minimum Gasteiger partial charge on any atom is -0.491 e. The van der Waals surface area contributed by atoms with Crippen LogP contribution in [0, 0.1) is 0 Å². The molecule has 3 saturated heterocycles. The first-order chi connectivity index (χ1) is 40.8. The lowest BCUT2D eigenvalue weighted by molar-refractivity contribution is -0.118. The van der Waals surface area contributed by atoms with Crippen molar-refractivity contribution in [2.45, 2.75) is 87.8 Å². The highest BCUT2D eigenvalue weighted by atomic mass is 32.7. The Kier molecular flexibility index (Phi) is 16.9. The van der Waals surface area contributed by atoms with Crippen LogP contribution in [-0.2, 0) is 69.8 Å². The van der Waals surface area contributed by atoms with E-state index in [1.54, 1.807) is 24.3 Å². The second kappa shape index (κ2) is 24.6. The number of anilines is 3. The van der Waals surface area contributed by atoms with Gasteiger partial charge in [0.1, 0.15) is 66.2 Å². The van der Waals surface area contributed by atoms with Crippen molar-refractivity contribution in [2.24, 2.45) is 0 Å². The molecule has 10 atom stereocenters. The number of hydrogen-bond acceptors (Lipinski definition) is 23. The van der Waals surface area contributed by atoms with Crippen LogP contribution in [0.5, 0.6) is 5.75 Å². The van der Waals surface area contributed by atoms with Crippen LogP contribution in [-0.4, -0.2) is 151 Å². The molecule has 0 spiro atoms. The lowest BCUT2D eigenvalue weighted by atomic mass is 9.95. The van der Waals surface area contributed by atoms with Gasteiger partial charge in [0, 0.05) is 23.3 Å². The van der Waals surface area contributed by atoms with Crippen molar-refractivity contribution in [3.8, 4) is 28.3 Å². The van der Waals surface area contributed by atoms with Gasteiger partial charge in [-0.3, -0.25) is 27.5 Å². The highest BCUT2D eigenvalue weighted by molar-refractivity contribution is 8.54. The maximum absolute atomic E-state index is 17.0. The molecule has 3 aromatic carbocycles. The molecular weight excluding hydrogens is 1160 g/mol. The third-order valence-electron chi connectivity index (χ3n) is 14.5. The number of para-hydroxylation sites is 1. The molecule has 0 saturated carbocycles. The second-order valence-corrected chi connectivity index (χ2v) is 26.1. The number of nitrogens with zero attached hydrogens (tertiary/aromatic N) is 12. The van der Waals surface area contributed by atoms with E-state index in [1.807, 2.05) is 65.0 Å². The predicted molar refractivity (Wildman–Crippen MR) is 304 cm³/mol. The van der Waals surface area contributed by atoms with Gasteiger partial charge >= 0.3 is 6.80 Å². The Morgan fingerprint density at radius 2 is 1.36 bits per heavy atom. The smallest absolute Gasteiger partial charge is 0.389 e. The van der Waals surface area contributed by atoms with Crippen molar-refractivity contribution in [1.29, 1.82) is 0 Å². The molecule has 4 N–H and O–H groups in total. The van der Waals surface area contributed by atoms with E-state index in [1.165, 1.54) is 34.4 Å². The van der Waals surface area contributed by atoms with Gasteiger partial charge in [0.25, 0.3) is 15.0 Å². The number of carbonyl (C=O) groups excluding carboxylic acids is 1. The van der Waals surface area contributed by atoms with Crippen LogP contribution < -0.4 is 21.1 Å². The van der Waals surface area contributed by atoms with Gasteiger partial charge in [-0.25, -0.2) is 47.9 Å². The summed E-state index contributed by atoms with van der Waals surface area (Å²) in [5.74, 6) is 0.686. The third kappa shape index (κ3) is 11.8. The Balaban J connectivity index is 0.672. The maximum Gasteiger partial charge on any atom is 0.389 e. The van der Waals surface area contributed by atoms with Gasteiger partial charge in [-0.15, -0.1) is 5.10 Å². The van der Waals surface area contributed by atoms with Crippen molar-refractivity contribution in [3.63, 3.8) is 0 Å². The van der Waals surface area contributed by atoms with Crippen LogP contribution in [0.15, 0.2) is 98.1 Å². The predicted octanol–water partition coefficient (Wildman–Crippen LogP) is 6.59. The Morgan fingerprint density at radius 1 is 0.750 bits per heavy atom.